The summed E-state index contributed by atoms with van der Waals surface area (Å²) in [5.74, 6) is 0.831. The zero-order valence-electron chi connectivity index (χ0n) is 11.4. The molecule has 112 valence electrons. The van der Waals surface area contributed by atoms with Crippen molar-refractivity contribution in [2.24, 2.45) is 0 Å². The van der Waals surface area contributed by atoms with Crippen molar-refractivity contribution >= 4 is 28.2 Å². The van der Waals surface area contributed by atoms with E-state index in [1.54, 1.807) is 36.4 Å². The second-order valence-corrected chi connectivity index (χ2v) is 5.47. The second-order valence-electron chi connectivity index (χ2n) is 4.61. The first kappa shape index (κ1) is 14.6. The molecule has 22 heavy (non-hydrogen) atoms. The first-order valence-corrected chi connectivity index (χ1v) is 7.27. The van der Waals surface area contributed by atoms with Gasteiger partial charge in [-0.25, -0.2) is 4.79 Å². The molecule has 0 saturated heterocycles. The Morgan fingerprint density at radius 3 is 2.55 bits per heavy atom. The van der Waals surface area contributed by atoms with E-state index in [0.717, 1.165) is 16.3 Å². The number of hydrogen-bond acceptors (Lipinski definition) is 5. The van der Waals surface area contributed by atoms with E-state index in [1.165, 1.54) is 0 Å². The maximum Gasteiger partial charge on any atom is 0.338 e. The fourth-order valence-electron chi connectivity index (χ4n) is 1.99. The lowest BCUT2D eigenvalue weighted by Crippen LogP contribution is -2.05. The van der Waals surface area contributed by atoms with Crippen LogP contribution in [0.25, 0.3) is 0 Å². The number of benzene rings is 2. The largest absolute Gasteiger partial charge is 0.457 e. The third kappa shape index (κ3) is 2.96. The molecule has 5 nitrogen and oxygen atoms in total. The van der Waals surface area contributed by atoms with E-state index in [9.17, 15) is 9.59 Å². The van der Waals surface area contributed by atoms with Gasteiger partial charge in [-0.3, -0.25) is 4.79 Å². The molecule has 6 heteroatoms. The zero-order valence-corrected chi connectivity index (χ0v) is 13.0. The van der Waals surface area contributed by atoms with Gasteiger partial charge < -0.3 is 14.2 Å². The lowest BCUT2D eigenvalue weighted by molar-refractivity contribution is 0.0471. The van der Waals surface area contributed by atoms with Gasteiger partial charge in [-0.05, 0) is 24.3 Å². The van der Waals surface area contributed by atoms with Crippen molar-refractivity contribution < 1.29 is 23.8 Å². The summed E-state index contributed by atoms with van der Waals surface area (Å²) in [6, 6.07) is 9.81. The normalized spacial score (nSPS) is 12.0. The second kappa shape index (κ2) is 6.19. The van der Waals surface area contributed by atoms with Crippen LogP contribution in [0.5, 0.6) is 11.5 Å². The quantitative estimate of drug-likeness (QED) is 0.616. The summed E-state index contributed by atoms with van der Waals surface area (Å²) in [4.78, 5) is 22.6. The summed E-state index contributed by atoms with van der Waals surface area (Å²) in [7, 11) is 0. The highest BCUT2D eigenvalue weighted by Crippen LogP contribution is 2.37. The molecule has 1 aliphatic heterocycles. The minimum atomic E-state index is -0.456. The van der Waals surface area contributed by atoms with Crippen molar-refractivity contribution in [1.29, 1.82) is 0 Å². The topological polar surface area (TPSA) is 61.8 Å². The molecule has 0 N–H and O–H groups in total. The lowest BCUT2D eigenvalue weighted by Gasteiger charge is -2.08. The van der Waals surface area contributed by atoms with Crippen LogP contribution in [0, 0.1) is 0 Å². The monoisotopic (exact) mass is 362 g/mol. The Morgan fingerprint density at radius 2 is 1.86 bits per heavy atom. The molecule has 0 spiro atoms. The number of hydrogen-bond donors (Lipinski definition) is 0. The summed E-state index contributed by atoms with van der Waals surface area (Å²) in [6.45, 7) is 0.291. The van der Waals surface area contributed by atoms with Crippen molar-refractivity contribution in [2.75, 3.05) is 6.79 Å². The van der Waals surface area contributed by atoms with E-state index in [1.807, 2.05) is 0 Å². The van der Waals surface area contributed by atoms with Gasteiger partial charge in [0.1, 0.15) is 12.9 Å². The molecule has 2 aromatic rings. The van der Waals surface area contributed by atoms with Crippen molar-refractivity contribution in [3.63, 3.8) is 0 Å². The number of fused-ring (bicyclic) bond motifs is 1. The molecule has 0 saturated carbocycles. The van der Waals surface area contributed by atoms with Crippen LogP contribution in [0.2, 0.25) is 0 Å². The van der Waals surface area contributed by atoms with Crippen LogP contribution in [0.1, 0.15) is 26.3 Å². The molecule has 2 aromatic carbocycles. The molecule has 1 heterocycles. The van der Waals surface area contributed by atoms with Gasteiger partial charge in [0.15, 0.2) is 11.5 Å². The highest BCUT2D eigenvalue weighted by Gasteiger charge is 2.17. The van der Waals surface area contributed by atoms with E-state index in [0.29, 0.717) is 22.6 Å². The van der Waals surface area contributed by atoms with Gasteiger partial charge in [-0.15, -0.1) is 0 Å². The summed E-state index contributed by atoms with van der Waals surface area (Å²) in [6.07, 6.45) is 0.721. The van der Waals surface area contributed by atoms with Crippen LogP contribution in [-0.2, 0) is 11.3 Å². The Hall–Kier alpha value is -2.34. The summed E-state index contributed by atoms with van der Waals surface area (Å²) in [5, 5.41) is 0. The van der Waals surface area contributed by atoms with Gasteiger partial charge in [0.25, 0.3) is 0 Å². The maximum absolute atomic E-state index is 12.0. The Kier molecular flexibility index (Phi) is 4.11. The number of aldehydes is 1. The molecule has 0 radical (unpaired) electrons. The van der Waals surface area contributed by atoms with Crippen molar-refractivity contribution in [2.45, 2.75) is 6.61 Å². The van der Waals surface area contributed by atoms with E-state index < -0.39 is 5.97 Å². The van der Waals surface area contributed by atoms with Crippen LogP contribution in [0.3, 0.4) is 0 Å². The molecule has 0 aromatic heterocycles. The first-order chi connectivity index (χ1) is 10.7. The molecule has 0 atom stereocenters. The van der Waals surface area contributed by atoms with Crippen molar-refractivity contribution in [3.05, 3.63) is 57.6 Å². The number of esters is 1. The molecule has 0 amide bonds. The molecule has 0 aliphatic carbocycles. The SMILES string of the molecule is O=Cc1ccc(C(=O)OCc2cc3c(cc2Br)OCO3)cc1. The molecular weight excluding hydrogens is 352 g/mol. The number of carbonyl (C=O) groups is 2. The number of rotatable bonds is 4. The minimum absolute atomic E-state index is 0.103. The highest BCUT2D eigenvalue weighted by atomic mass is 79.9. The molecule has 0 fully saturated rings. The standard InChI is InChI=1S/C16H11BrO5/c17-13-6-15-14(21-9-22-15)5-12(13)8-20-16(19)11-3-1-10(7-18)2-4-11/h1-7H,8-9H2. The summed E-state index contributed by atoms with van der Waals surface area (Å²) >= 11 is 3.41. The predicted octanol–water partition coefficient (Wildman–Crippen LogP) is 3.35. The van der Waals surface area contributed by atoms with Crippen molar-refractivity contribution in [1.82, 2.24) is 0 Å². The lowest BCUT2D eigenvalue weighted by atomic mass is 10.1. The molecule has 0 bridgehead atoms. The molecule has 3 rings (SSSR count). The Bertz CT molecular complexity index is 724. The Balaban J connectivity index is 1.69. The fourth-order valence-corrected chi connectivity index (χ4v) is 2.43. The molecule has 1 aliphatic rings. The highest BCUT2D eigenvalue weighted by molar-refractivity contribution is 9.10. The van der Waals surface area contributed by atoms with E-state index in [4.69, 9.17) is 14.2 Å². The Labute approximate surface area is 134 Å². The predicted molar refractivity (Wildman–Crippen MR) is 81.2 cm³/mol. The van der Waals surface area contributed by atoms with Crippen LogP contribution < -0.4 is 9.47 Å². The third-order valence-corrected chi connectivity index (χ3v) is 3.92. The fraction of sp³-hybridized carbons (Fsp3) is 0.125. The van der Waals surface area contributed by atoms with Crippen LogP contribution in [-0.4, -0.2) is 19.0 Å². The van der Waals surface area contributed by atoms with Gasteiger partial charge >= 0.3 is 5.97 Å². The molecular formula is C16H11BrO5. The molecule has 0 unspecified atom stereocenters. The van der Waals surface area contributed by atoms with E-state index in [2.05, 4.69) is 15.9 Å². The number of carbonyl (C=O) groups excluding carboxylic acids is 2. The average Bonchev–Trinajstić information content (AvgIpc) is 2.99. The van der Waals surface area contributed by atoms with Crippen LogP contribution in [0.15, 0.2) is 40.9 Å². The number of ether oxygens (including phenoxy) is 3. The summed E-state index contributed by atoms with van der Waals surface area (Å²) in [5.41, 5.74) is 1.68. The third-order valence-electron chi connectivity index (χ3n) is 3.18. The average molecular weight is 363 g/mol. The maximum atomic E-state index is 12.0. The first-order valence-electron chi connectivity index (χ1n) is 6.48. The van der Waals surface area contributed by atoms with Gasteiger partial charge in [-0.1, -0.05) is 28.1 Å². The number of halogens is 1. The van der Waals surface area contributed by atoms with E-state index >= 15 is 0 Å². The van der Waals surface area contributed by atoms with E-state index in [-0.39, 0.29) is 13.4 Å². The van der Waals surface area contributed by atoms with Gasteiger partial charge in [0.2, 0.25) is 6.79 Å². The Morgan fingerprint density at radius 1 is 1.18 bits per heavy atom. The smallest absolute Gasteiger partial charge is 0.338 e. The van der Waals surface area contributed by atoms with Gasteiger partial charge in [-0.2, -0.15) is 0 Å². The van der Waals surface area contributed by atoms with Crippen LogP contribution >= 0.6 is 15.9 Å². The van der Waals surface area contributed by atoms with Gasteiger partial charge in [0, 0.05) is 15.6 Å². The minimum Gasteiger partial charge on any atom is -0.457 e. The summed E-state index contributed by atoms with van der Waals surface area (Å²) < 4.78 is 16.6. The zero-order chi connectivity index (χ0) is 15.5. The van der Waals surface area contributed by atoms with Gasteiger partial charge in [0.05, 0.1) is 5.56 Å². The van der Waals surface area contributed by atoms with Crippen LogP contribution in [0.4, 0.5) is 0 Å². The van der Waals surface area contributed by atoms with Crippen molar-refractivity contribution in [3.8, 4) is 11.5 Å².